The highest BCUT2D eigenvalue weighted by Gasteiger charge is 2.14. The van der Waals surface area contributed by atoms with Gasteiger partial charge in [-0.2, -0.15) is 0 Å². The number of halogens is 2. The van der Waals surface area contributed by atoms with E-state index in [1.54, 1.807) is 18.5 Å². The Morgan fingerprint density at radius 1 is 1.06 bits per heavy atom. The highest BCUT2D eigenvalue weighted by Crippen LogP contribution is 2.27. The Morgan fingerprint density at radius 2 is 1.67 bits per heavy atom. The largest absolute Gasteiger partial charge is 0.306 e. The Balaban J connectivity index is 2.41. The molecule has 1 heterocycles. The lowest BCUT2D eigenvalue weighted by Crippen LogP contribution is -2.22. The van der Waals surface area contributed by atoms with Gasteiger partial charge in [-0.25, -0.2) is 9.97 Å². The lowest BCUT2D eigenvalue weighted by Gasteiger charge is -2.18. The molecule has 0 saturated carbocycles. The first-order valence-electron chi connectivity index (χ1n) is 5.65. The highest BCUT2D eigenvalue weighted by atomic mass is 35.5. The molecule has 0 bridgehead atoms. The van der Waals surface area contributed by atoms with Gasteiger partial charge in [-0.15, -0.1) is 0 Å². The fraction of sp³-hybridized carbons (Fsp3) is 0.231. The van der Waals surface area contributed by atoms with Crippen LogP contribution < -0.4 is 5.32 Å². The number of aromatic nitrogens is 2. The molecular formula is C13H13Cl2N3. The molecule has 1 unspecified atom stereocenters. The van der Waals surface area contributed by atoms with Gasteiger partial charge in [0.05, 0.1) is 6.04 Å². The zero-order valence-electron chi connectivity index (χ0n) is 9.90. The molecule has 1 aromatic carbocycles. The molecular weight excluding hydrogens is 269 g/mol. The smallest absolute Gasteiger partial charge is 0.115 e. The van der Waals surface area contributed by atoms with Crippen molar-refractivity contribution >= 4 is 23.2 Å². The normalized spacial score (nSPS) is 12.4. The van der Waals surface area contributed by atoms with Crippen LogP contribution in [0.4, 0.5) is 0 Å². The van der Waals surface area contributed by atoms with E-state index in [9.17, 15) is 0 Å². The van der Waals surface area contributed by atoms with Crippen LogP contribution in [-0.2, 0) is 0 Å². The lowest BCUT2D eigenvalue weighted by atomic mass is 10.0. The molecule has 18 heavy (non-hydrogen) atoms. The Kier molecular flexibility index (Phi) is 4.53. The minimum atomic E-state index is -0.00704. The summed E-state index contributed by atoms with van der Waals surface area (Å²) in [5, 5.41) is 4.62. The minimum absolute atomic E-state index is 0.00704. The Bertz CT molecular complexity index is 497. The van der Waals surface area contributed by atoms with Gasteiger partial charge in [-0.05, 0) is 30.3 Å². The summed E-state index contributed by atoms with van der Waals surface area (Å²) in [5.41, 5.74) is 1.99. The number of hydrogen-bond acceptors (Lipinski definition) is 3. The van der Waals surface area contributed by atoms with Gasteiger partial charge in [-0.3, -0.25) is 0 Å². The average Bonchev–Trinajstić information content (AvgIpc) is 2.36. The molecule has 0 fully saturated rings. The molecule has 0 spiro atoms. The van der Waals surface area contributed by atoms with E-state index in [4.69, 9.17) is 23.2 Å². The van der Waals surface area contributed by atoms with E-state index in [2.05, 4.69) is 15.3 Å². The molecule has 0 aliphatic rings. The first-order chi connectivity index (χ1) is 8.70. The van der Waals surface area contributed by atoms with Crippen molar-refractivity contribution in [1.82, 2.24) is 15.3 Å². The summed E-state index contributed by atoms with van der Waals surface area (Å²) in [6.07, 6.45) is 5.09. The molecule has 0 amide bonds. The zero-order valence-corrected chi connectivity index (χ0v) is 11.4. The summed E-state index contributed by atoms with van der Waals surface area (Å²) in [6, 6.07) is 5.51. The van der Waals surface area contributed by atoms with E-state index >= 15 is 0 Å². The van der Waals surface area contributed by atoms with E-state index in [1.165, 1.54) is 6.33 Å². The summed E-state index contributed by atoms with van der Waals surface area (Å²) >= 11 is 12.1. The SMILES string of the molecule is CCNC(c1cncnc1)c1cc(Cl)cc(Cl)c1. The molecule has 5 heteroatoms. The van der Waals surface area contributed by atoms with Crippen molar-refractivity contribution < 1.29 is 0 Å². The Hall–Kier alpha value is -1.16. The first-order valence-corrected chi connectivity index (χ1v) is 6.40. The first kappa shape index (κ1) is 13.3. The van der Waals surface area contributed by atoms with Gasteiger partial charge in [0.25, 0.3) is 0 Å². The van der Waals surface area contributed by atoms with E-state index in [0.29, 0.717) is 10.0 Å². The molecule has 2 aromatic rings. The van der Waals surface area contributed by atoms with E-state index in [-0.39, 0.29) is 6.04 Å². The summed E-state index contributed by atoms with van der Waals surface area (Å²) in [7, 11) is 0. The van der Waals surface area contributed by atoms with Gasteiger partial charge in [-0.1, -0.05) is 30.1 Å². The van der Waals surface area contributed by atoms with E-state index in [0.717, 1.165) is 17.7 Å². The van der Waals surface area contributed by atoms with Crippen molar-refractivity contribution in [1.29, 1.82) is 0 Å². The molecule has 2 rings (SSSR count). The van der Waals surface area contributed by atoms with Crippen molar-refractivity contribution in [2.75, 3.05) is 6.54 Å². The standard InChI is InChI=1S/C13H13Cl2N3/c1-2-18-13(10-6-16-8-17-7-10)9-3-11(14)5-12(15)4-9/h3-8,13,18H,2H2,1H3. The lowest BCUT2D eigenvalue weighted by molar-refractivity contribution is 0.626. The second-order valence-corrected chi connectivity index (χ2v) is 4.74. The minimum Gasteiger partial charge on any atom is -0.306 e. The fourth-order valence-corrected chi connectivity index (χ4v) is 2.38. The second kappa shape index (κ2) is 6.14. The summed E-state index contributed by atoms with van der Waals surface area (Å²) in [4.78, 5) is 8.08. The maximum Gasteiger partial charge on any atom is 0.115 e. The molecule has 0 radical (unpaired) electrons. The summed E-state index contributed by atoms with van der Waals surface area (Å²) in [6.45, 7) is 2.87. The number of nitrogens with zero attached hydrogens (tertiary/aromatic N) is 2. The van der Waals surface area contributed by atoms with Gasteiger partial charge in [0, 0.05) is 28.0 Å². The third-order valence-electron chi connectivity index (χ3n) is 2.54. The second-order valence-electron chi connectivity index (χ2n) is 3.87. The number of nitrogens with one attached hydrogen (secondary N) is 1. The van der Waals surface area contributed by atoms with Crippen LogP contribution in [0.3, 0.4) is 0 Å². The van der Waals surface area contributed by atoms with Crippen LogP contribution >= 0.6 is 23.2 Å². The van der Waals surface area contributed by atoms with Crippen LogP contribution in [0.2, 0.25) is 10.0 Å². The van der Waals surface area contributed by atoms with Gasteiger partial charge >= 0.3 is 0 Å². The summed E-state index contributed by atoms with van der Waals surface area (Å²) in [5.74, 6) is 0. The number of benzene rings is 1. The van der Waals surface area contributed by atoms with Crippen LogP contribution in [0.25, 0.3) is 0 Å². The van der Waals surface area contributed by atoms with Crippen LogP contribution in [0, 0.1) is 0 Å². The summed E-state index contributed by atoms with van der Waals surface area (Å²) < 4.78 is 0. The van der Waals surface area contributed by atoms with Gasteiger partial charge < -0.3 is 5.32 Å². The maximum absolute atomic E-state index is 6.04. The third-order valence-corrected chi connectivity index (χ3v) is 2.98. The molecule has 94 valence electrons. The molecule has 0 aliphatic carbocycles. The van der Waals surface area contributed by atoms with Crippen molar-refractivity contribution in [3.63, 3.8) is 0 Å². The monoisotopic (exact) mass is 281 g/mol. The zero-order chi connectivity index (χ0) is 13.0. The van der Waals surface area contributed by atoms with Crippen molar-refractivity contribution in [2.24, 2.45) is 0 Å². The van der Waals surface area contributed by atoms with E-state index in [1.807, 2.05) is 19.1 Å². The molecule has 1 aromatic heterocycles. The van der Waals surface area contributed by atoms with Crippen LogP contribution in [0.5, 0.6) is 0 Å². The van der Waals surface area contributed by atoms with Gasteiger partial charge in [0.15, 0.2) is 0 Å². The average molecular weight is 282 g/mol. The maximum atomic E-state index is 6.04. The third kappa shape index (κ3) is 3.19. The molecule has 1 atom stereocenters. The van der Waals surface area contributed by atoms with Crippen LogP contribution in [0.1, 0.15) is 24.1 Å². The van der Waals surface area contributed by atoms with Crippen molar-refractivity contribution in [2.45, 2.75) is 13.0 Å². The molecule has 0 aliphatic heterocycles. The molecule has 1 N–H and O–H groups in total. The van der Waals surface area contributed by atoms with Crippen molar-refractivity contribution in [3.8, 4) is 0 Å². The quantitative estimate of drug-likeness (QED) is 0.932. The molecule has 3 nitrogen and oxygen atoms in total. The number of rotatable bonds is 4. The predicted molar refractivity (Wildman–Crippen MR) is 74.0 cm³/mol. The van der Waals surface area contributed by atoms with Crippen molar-refractivity contribution in [3.05, 3.63) is 58.1 Å². The Morgan fingerprint density at radius 3 is 2.22 bits per heavy atom. The predicted octanol–water partition coefficient (Wildman–Crippen LogP) is 3.48. The van der Waals surface area contributed by atoms with Crippen LogP contribution in [-0.4, -0.2) is 16.5 Å². The fourth-order valence-electron chi connectivity index (χ4n) is 1.83. The van der Waals surface area contributed by atoms with E-state index < -0.39 is 0 Å². The highest BCUT2D eigenvalue weighted by molar-refractivity contribution is 6.34. The van der Waals surface area contributed by atoms with Gasteiger partial charge in [0.2, 0.25) is 0 Å². The topological polar surface area (TPSA) is 37.8 Å². The Labute approximate surface area is 116 Å². The van der Waals surface area contributed by atoms with Gasteiger partial charge in [0.1, 0.15) is 6.33 Å². The number of hydrogen-bond donors (Lipinski definition) is 1. The van der Waals surface area contributed by atoms with Crippen LogP contribution in [0.15, 0.2) is 36.9 Å². The molecule has 0 saturated heterocycles.